The van der Waals surface area contributed by atoms with E-state index in [1.807, 2.05) is 30.5 Å². The fourth-order valence-electron chi connectivity index (χ4n) is 2.71. The summed E-state index contributed by atoms with van der Waals surface area (Å²) >= 11 is 0. The van der Waals surface area contributed by atoms with Crippen LogP contribution in [-0.2, 0) is 13.1 Å². The van der Waals surface area contributed by atoms with Crippen LogP contribution in [0.25, 0.3) is 0 Å². The Morgan fingerprint density at radius 2 is 2.04 bits per heavy atom. The van der Waals surface area contributed by atoms with Gasteiger partial charge in [0.2, 0.25) is 0 Å². The van der Waals surface area contributed by atoms with Crippen molar-refractivity contribution in [2.24, 2.45) is 0 Å². The number of carbonyl (C=O) groups excluding carboxylic acids is 1. The van der Waals surface area contributed by atoms with Crippen molar-refractivity contribution in [1.82, 2.24) is 20.2 Å². The number of aryl methyl sites for hydroxylation is 1. The predicted octanol–water partition coefficient (Wildman–Crippen LogP) is 2.58. The SMILES string of the molecule is COc1ccc(CNC(=O)NCCn2c(C)cnc2C2CC2)cc1. The summed E-state index contributed by atoms with van der Waals surface area (Å²) in [5.74, 6) is 2.58. The number of carbonyl (C=O) groups is 1. The topological polar surface area (TPSA) is 68.2 Å². The van der Waals surface area contributed by atoms with Crippen molar-refractivity contribution in [2.75, 3.05) is 13.7 Å². The number of amides is 2. The summed E-state index contributed by atoms with van der Waals surface area (Å²) in [6.45, 7) is 3.90. The van der Waals surface area contributed by atoms with E-state index in [1.54, 1.807) is 7.11 Å². The Labute approximate surface area is 142 Å². The Hall–Kier alpha value is -2.50. The minimum absolute atomic E-state index is 0.156. The van der Waals surface area contributed by atoms with Gasteiger partial charge in [0, 0.05) is 37.4 Å². The smallest absolute Gasteiger partial charge is 0.315 e. The fraction of sp³-hybridized carbons (Fsp3) is 0.444. The van der Waals surface area contributed by atoms with Gasteiger partial charge >= 0.3 is 6.03 Å². The molecule has 0 bridgehead atoms. The third-order valence-corrected chi connectivity index (χ3v) is 4.26. The van der Waals surface area contributed by atoms with Crippen molar-refractivity contribution in [3.8, 4) is 5.75 Å². The average molecular weight is 328 g/mol. The Morgan fingerprint density at radius 3 is 2.71 bits per heavy atom. The first-order valence-corrected chi connectivity index (χ1v) is 8.34. The van der Waals surface area contributed by atoms with Gasteiger partial charge < -0.3 is 19.9 Å². The third-order valence-electron chi connectivity index (χ3n) is 4.26. The first-order valence-electron chi connectivity index (χ1n) is 8.34. The van der Waals surface area contributed by atoms with E-state index in [4.69, 9.17) is 4.74 Å². The number of benzene rings is 1. The van der Waals surface area contributed by atoms with E-state index in [-0.39, 0.29) is 6.03 Å². The van der Waals surface area contributed by atoms with Crippen molar-refractivity contribution in [3.05, 3.63) is 47.5 Å². The van der Waals surface area contributed by atoms with E-state index in [2.05, 4.69) is 27.1 Å². The highest BCUT2D eigenvalue weighted by atomic mass is 16.5. The molecule has 6 nitrogen and oxygen atoms in total. The second-order valence-electron chi connectivity index (χ2n) is 6.14. The molecule has 0 unspecified atom stereocenters. The molecule has 0 spiro atoms. The lowest BCUT2D eigenvalue weighted by Crippen LogP contribution is -2.37. The molecule has 0 aliphatic heterocycles. The molecule has 1 saturated carbocycles. The molecule has 1 fully saturated rings. The zero-order valence-corrected chi connectivity index (χ0v) is 14.2. The van der Waals surface area contributed by atoms with Crippen LogP contribution in [0.5, 0.6) is 5.75 Å². The fourth-order valence-corrected chi connectivity index (χ4v) is 2.71. The molecule has 1 aliphatic rings. The monoisotopic (exact) mass is 328 g/mol. The summed E-state index contributed by atoms with van der Waals surface area (Å²) in [5.41, 5.74) is 2.18. The second kappa shape index (κ2) is 7.38. The largest absolute Gasteiger partial charge is 0.497 e. The summed E-state index contributed by atoms with van der Waals surface area (Å²) in [4.78, 5) is 16.4. The molecule has 0 saturated heterocycles. The molecular weight excluding hydrogens is 304 g/mol. The number of hydrogen-bond donors (Lipinski definition) is 2. The molecule has 1 aromatic heterocycles. The molecule has 2 N–H and O–H groups in total. The van der Waals surface area contributed by atoms with Gasteiger partial charge in [0.1, 0.15) is 11.6 Å². The maximum Gasteiger partial charge on any atom is 0.315 e. The molecule has 2 amide bonds. The minimum Gasteiger partial charge on any atom is -0.497 e. The van der Waals surface area contributed by atoms with Crippen molar-refractivity contribution in [1.29, 1.82) is 0 Å². The zero-order chi connectivity index (χ0) is 16.9. The van der Waals surface area contributed by atoms with Crippen molar-refractivity contribution in [2.45, 2.75) is 38.8 Å². The molecule has 3 rings (SSSR count). The summed E-state index contributed by atoms with van der Waals surface area (Å²) in [6, 6.07) is 7.49. The maximum absolute atomic E-state index is 11.9. The number of ether oxygens (including phenoxy) is 1. The summed E-state index contributed by atoms with van der Waals surface area (Å²) in [5, 5.41) is 5.77. The number of rotatable bonds is 7. The number of urea groups is 1. The van der Waals surface area contributed by atoms with Gasteiger partial charge in [0.25, 0.3) is 0 Å². The average Bonchev–Trinajstić information content (AvgIpc) is 3.38. The third kappa shape index (κ3) is 4.07. The maximum atomic E-state index is 11.9. The molecular formula is C18H24N4O2. The molecule has 128 valence electrons. The summed E-state index contributed by atoms with van der Waals surface area (Å²) < 4.78 is 7.33. The summed E-state index contributed by atoms with van der Waals surface area (Å²) in [6.07, 6.45) is 4.37. The van der Waals surface area contributed by atoms with Gasteiger partial charge in [0.15, 0.2) is 0 Å². The highest BCUT2D eigenvalue weighted by molar-refractivity contribution is 5.73. The highest BCUT2D eigenvalue weighted by Crippen LogP contribution is 2.39. The van der Waals surface area contributed by atoms with E-state index < -0.39 is 0 Å². The van der Waals surface area contributed by atoms with Gasteiger partial charge in [0.05, 0.1) is 7.11 Å². The molecule has 1 aromatic carbocycles. The van der Waals surface area contributed by atoms with Gasteiger partial charge in [-0.2, -0.15) is 0 Å². The number of nitrogens with zero attached hydrogens (tertiary/aromatic N) is 2. The molecule has 24 heavy (non-hydrogen) atoms. The van der Waals surface area contributed by atoms with E-state index in [0.29, 0.717) is 19.0 Å². The second-order valence-corrected chi connectivity index (χ2v) is 6.14. The lowest BCUT2D eigenvalue weighted by Gasteiger charge is -2.11. The first-order chi connectivity index (χ1) is 11.7. The van der Waals surface area contributed by atoms with E-state index in [9.17, 15) is 4.79 Å². The van der Waals surface area contributed by atoms with Crippen LogP contribution in [-0.4, -0.2) is 29.2 Å². The van der Waals surface area contributed by atoms with Crippen molar-refractivity contribution < 1.29 is 9.53 Å². The Kier molecular flexibility index (Phi) is 5.03. The number of methoxy groups -OCH3 is 1. The Bertz CT molecular complexity index is 690. The standard InChI is InChI=1S/C18H24N4O2/c1-13-11-20-17(15-5-6-15)22(13)10-9-19-18(23)21-12-14-3-7-16(24-2)8-4-14/h3-4,7-8,11,15H,5-6,9-10,12H2,1-2H3,(H2,19,21,23). The minimum atomic E-state index is -0.156. The molecule has 2 aromatic rings. The van der Waals surface area contributed by atoms with Crippen LogP contribution < -0.4 is 15.4 Å². The molecule has 6 heteroatoms. The number of aromatic nitrogens is 2. The lowest BCUT2D eigenvalue weighted by molar-refractivity contribution is 0.240. The summed E-state index contributed by atoms with van der Waals surface area (Å²) in [7, 11) is 1.64. The lowest BCUT2D eigenvalue weighted by atomic mass is 10.2. The van der Waals surface area contributed by atoms with Crippen LogP contribution >= 0.6 is 0 Å². The number of nitrogens with one attached hydrogen (secondary N) is 2. The van der Waals surface area contributed by atoms with Crippen LogP contribution in [0.3, 0.4) is 0 Å². The van der Waals surface area contributed by atoms with Gasteiger partial charge in [-0.15, -0.1) is 0 Å². The van der Waals surface area contributed by atoms with Crippen LogP contribution in [0.2, 0.25) is 0 Å². The normalized spacial score (nSPS) is 13.6. The van der Waals surface area contributed by atoms with E-state index in [0.717, 1.165) is 29.4 Å². The molecule has 1 aliphatic carbocycles. The van der Waals surface area contributed by atoms with Crippen LogP contribution in [0.1, 0.15) is 35.8 Å². The first kappa shape index (κ1) is 16.4. The van der Waals surface area contributed by atoms with Crippen LogP contribution in [0.4, 0.5) is 4.79 Å². The Morgan fingerprint density at radius 1 is 1.29 bits per heavy atom. The highest BCUT2D eigenvalue weighted by Gasteiger charge is 2.28. The predicted molar refractivity (Wildman–Crippen MR) is 92.2 cm³/mol. The van der Waals surface area contributed by atoms with Gasteiger partial charge in [-0.05, 0) is 37.5 Å². The van der Waals surface area contributed by atoms with E-state index in [1.165, 1.54) is 12.8 Å². The molecule has 0 radical (unpaired) electrons. The van der Waals surface area contributed by atoms with Gasteiger partial charge in [-0.1, -0.05) is 12.1 Å². The van der Waals surface area contributed by atoms with E-state index >= 15 is 0 Å². The quantitative estimate of drug-likeness (QED) is 0.821. The van der Waals surface area contributed by atoms with Crippen molar-refractivity contribution in [3.63, 3.8) is 0 Å². The molecule has 0 atom stereocenters. The van der Waals surface area contributed by atoms with Gasteiger partial charge in [-0.25, -0.2) is 9.78 Å². The van der Waals surface area contributed by atoms with Crippen molar-refractivity contribution >= 4 is 6.03 Å². The van der Waals surface area contributed by atoms with Crippen LogP contribution in [0, 0.1) is 6.92 Å². The number of hydrogen-bond acceptors (Lipinski definition) is 3. The Balaban J connectivity index is 1.42. The number of imidazole rings is 1. The van der Waals surface area contributed by atoms with Crippen LogP contribution in [0.15, 0.2) is 30.5 Å². The molecule has 1 heterocycles. The van der Waals surface area contributed by atoms with Gasteiger partial charge in [-0.3, -0.25) is 0 Å². The zero-order valence-electron chi connectivity index (χ0n) is 14.2.